The number of hydrogen-bond acceptors (Lipinski definition) is 6. The Morgan fingerprint density at radius 3 is 2.67 bits per heavy atom. The van der Waals surface area contributed by atoms with Gasteiger partial charge in [0.25, 0.3) is 0 Å². The predicted octanol–water partition coefficient (Wildman–Crippen LogP) is 3.46. The molecule has 0 radical (unpaired) electrons. The molecule has 0 aliphatic rings. The third-order valence-electron chi connectivity index (χ3n) is 3.01. The summed E-state index contributed by atoms with van der Waals surface area (Å²) >= 11 is 1.35. The smallest absolute Gasteiger partial charge is 0.338 e. The summed E-state index contributed by atoms with van der Waals surface area (Å²) in [4.78, 5) is 14.9. The summed E-state index contributed by atoms with van der Waals surface area (Å²) in [7, 11) is 0. The number of rotatable bonds is 4. The van der Waals surface area contributed by atoms with E-state index < -0.39 is 4.92 Å². The van der Waals surface area contributed by atoms with E-state index in [2.05, 4.69) is 4.98 Å². The van der Waals surface area contributed by atoms with Crippen molar-refractivity contribution >= 4 is 27.2 Å². The van der Waals surface area contributed by atoms with Crippen LogP contribution in [0.25, 0.3) is 10.2 Å². The standard InChI is InChI=1S/C14H11N3O3S/c15-7-9-1-3-10(4-2-9)20-11-5-6-12-13(16-8-21-12)14(11)17(18)19/h1-6,8H,7,15H2. The summed E-state index contributed by atoms with van der Waals surface area (Å²) in [6.07, 6.45) is 0. The van der Waals surface area contributed by atoms with Crippen LogP contribution in [0.5, 0.6) is 11.5 Å². The van der Waals surface area contributed by atoms with Gasteiger partial charge in [0.2, 0.25) is 5.75 Å². The van der Waals surface area contributed by atoms with Crippen molar-refractivity contribution in [2.75, 3.05) is 0 Å². The second-order valence-electron chi connectivity index (χ2n) is 4.32. The van der Waals surface area contributed by atoms with Crippen LogP contribution in [0.2, 0.25) is 0 Å². The largest absolute Gasteiger partial charge is 0.450 e. The Hall–Kier alpha value is -2.51. The normalized spacial score (nSPS) is 10.7. The molecular formula is C14H11N3O3S. The molecule has 0 amide bonds. The molecular weight excluding hydrogens is 290 g/mol. The Bertz CT molecular complexity index is 799. The van der Waals surface area contributed by atoms with E-state index in [-0.39, 0.29) is 11.4 Å². The summed E-state index contributed by atoms with van der Waals surface area (Å²) in [5, 5.41) is 11.3. The van der Waals surface area contributed by atoms with Crippen LogP contribution in [-0.2, 0) is 6.54 Å². The van der Waals surface area contributed by atoms with Crippen molar-refractivity contribution in [2.45, 2.75) is 6.54 Å². The van der Waals surface area contributed by atoms with Crippen molar-refractivity contribution in [3.05, 3.63) is 57.6 Å². The number of thiazole rings is 1. The second kappa shape index (κ2) is 5.47. The third kappa shape index (κ3) is 2.56. The van der Waals surface area contributed by atoms with Gasteiger partial charge in [0.05, 0.1) is 15.1 Å². The highest BCUT2D eigenvalue weighted by atomic mass is 32.1. The molecule has 1 heterocycles. The highest BCUT2D eigenvalue weighted by Gasteiger charge is 2.22. The van der Waals surface area contributed by atoms with Crippen molar-refractivity contribution in [1.29, 1.82) is 0 Å². The lowest BCUT2D eigenvalue weighted by Crippen LogP contribution is -1.96. The molecule has 0 saturated heterocycles. The van der Waals surface area contributed by atoms with Gasteiger partial charge in [0.15, 0.2) is 5.52 Å². The highest BCUT2D eigenvalue weighted by molar-refractivity contribution is 7.16. The fourth-order valence-corrected chi connectivity index (χ4v) is 2.66. The lowest BCUT2D eigenvalue weighted by molar-refractivity contribution is -0.384. The van der Waals surface area contributed by atoms with Gasteiger partial charge in [-0.15, -0.1) is 11.3 Å². The molecule has 21 heavy (non-hydrogen) atoms. The fourth-order valence-electron chi connectivity index (χ4n) is 1.98. The molecule has 3 rings (SSSR count). The first kappa shape index (κ1) is 13.5. The molecule has 6 nitrogen and oxygen atoms in total. The molecule has 0 aliphatic heterocycles. The molecule has 7 heteroatoms. The topological polar surface area (TPSA) is 91.3 Å². The number of aromatic nitrogens is 1. The van der Waals surface area contributed by atoms with E-state index in [9.17, 15) is 10.1 Å². The molecule has 0 bridgehead atoms. The molecule has 3 aromatic rings. The lowest BCUT2D eigenvalue weighted by Gasteiger charge is -2.07. The SMILES string of the molecule is NCc1ccc(Oc2ccc3scnc3c2[N+](=O)[O-])cc1. The van der Waals surface area contributed by atoms with E-state index in [1.54, 1.807) is 29.8 Å². The predicted molar refractivity (Wildman–Crippen MR) is 80.7 cm³/mol. The molecule has 0 saturated carbocycles. The van der Waals surface area contributed by atoms with Crippen LogP contribution < -0.4 is 10.5 Å². The third-order valence-corrected chi connectivity index (χ3v) is 3.80. The van der Waals surface area contributed by atoms with Gasteiger partial charge in [-0.05, 0) is 29.8 Å². The lowest BCUT2D eigenvalue weighted by atomic mass is 10.2. The van der Waals surface area contributed by atoms with Crippen LogP contribution in [0.15, 0.2) is 41.9 Å². The van der Waals surface area contributed by atoms with Gasteiger partial charge in [0, 0.05) is 6.54 Å². The monoisotopic (exact) mass is 301 g/mol. The van der Waals surface area contributed by atoms with Crippen molar-refractivity contribution in [1.82, 2.24) is 4.98 Å². The van der Waals surface area contributed by atoms with Gasteiger partial charge in [-0.1, -0.05) is 12.1 Å². The van der Waals surface area contributed by atoms with Gasteiger partial charge in [0.1, 0.15) is 5.75 Å². The number of nitro benzene ring substituents is 1. The van der Waals surface area contributed by atoms with E-state index in [0.717, 1.165) is 10.3 Å². The fraction of sp³-hybridized carbons (Fsp3) is 0.0714. The number of nitrogens with two attached hydrogens (primary N) is 1. The zero-order chi connectivity index (χ0) is 14.8. The molecule has 106 valence electrons. The Kier molecular flexibility index (Phi) is 3.51. The molecule has 0 aliphatic carbocycles. The Morgan fingerprint density at radius 2 is 2.00 bits per heavy atom. The maximum absolute atomic E-state index is 11.3. The Morgan fingerprint density at radius 1 is 1.24 bits per heavy atom. The molecule has 0 fully saturated rings. The minimum atomic E-state index is -0.467. The van der Waals surface area contributed by atoms with Gasteiger partial charge >= 0.3 is 5.69 Å². The average molecular weight is 301 g/mol. The van der Waals surface area contributed by atoms with Crippen LogP contribution in [0.1, 0.15) is 5.56 Å². The van der Waals surface area contributed by atoms with Crippen LogP contribution >= 0.6 is 11.3 Å². The van der Waals surface area contributed by atoms with Crippen molar-refractivity contribution < 1.29 is 9.66 Å². The zero-order valence-electron chi connectivity index (χ0n) is 10.9. The van der Waals surface area contributed by atoms with Gasteiger partial charge < -0.3 is 10.5 Å². The van der Waals surface area contributed by atoms with Crippen LogP contribution in [0, 0.1) is 10.1 Å². The number of nitro groups is 1. The van der Waals surface area contributed by atoms with E-state index in [4.69, 9.17) is 10.5 Å². The number of benzene rings is 2. The molecule has 0 spiro atoms. The van der Waals surface area contributed by atoms with Crippen molar-refractivity contribution in [3.63, 3.8) is 0 Å². The number of fused-ring (bicyclic) bond motifs is 1. The Labute approximate surface area is 124 Å². The van der Waals surface area contributed by atoms with E-state index >= 15 is 0 Å². The van der Waals surface area contributed by atoms with E-state index in [1.165, 1.54) is 11.3 Å². The molecule has 2 aromatic carbocycles. The first-order chi connectivity index (χ1) is 10.2. The van der Waals surface area contributed by atoms with Gasteiger partial charge in [-0.3, -0.25) is 10.1 Å². The maximum atomic E-state index is 11.3. The maximum Gasteiger partial charge on any atom is 0.338 e. The minimum Gasteiger partial charge on any atom is -0.450 e. The van der Waals surface area contributed by atoms with Crippen molar-refractivity contribution in [3.8, 4) is 11.5 Å². The number of ether oxygens (including phenoxy) is 1. The first-order valence-electron chi connectivity index (χ1n) is 6.16. The molecule has 2 N–H and O–H groups in total. The second-order valence-corrected chi connectivity index (χ2v) is 5.21. The number of hydrogen-bond donors (Lipinski definition) is 1. The summed E-state index contributed by atoms with van der Waals surface area (Å²) in [5.74, 6) is 0.698. The summed E-state index contributed by atoms with van der Waals surface area (Å²) in [6, 6.07) is 10.5. The molecule has 0 atom stereocenters. The van der Waals surface area contributed by atoms with Gasteiger partial charge in [-0.2, -0.15) is 0 Å². The van der Waals surface area contributed by atoms with Crippen LogP contribution in [0.4, 0.5) is 5.69 Å². The average Bonchev–Trinajstić information content (AvgIpc) is 2.95. The molecule has 0 unspecified atom stereocenters. The minimum absolute atomic E-state index is 0.114. The number of nitrogens with zero attached hydrogens (tertiary/aromatic N) is 2. The van der Waals surface area contributed by atoms with Gasteiger partial charge in [-0.25, -0.2) is 4.98 Å². The first-order valence-corrected chi connectivity index (χ1v) is 7.04. The van der Waals surface area contributed by atoms with Crippen LogP contribution in [0.3, 0.4) is 0 Å². The summed E-state index contributed by atoms with van der Waals surface area (Å²) < 4.78 is 6.39. The van der Waals surface area contributed by atoms with E-state index in [0.29, 0.717) is 17.8 Å². The quantitative estimate of drug-likeness (QED) is 0.588. The summed E-state index contributed by atoms with van der Waals surface area (Å²) in [6.45, 7) is 0.436. The molecule has 1 aromatic heterocycles. The Balaban J connectivity index is 2.02. The highest BCUT2D eigenvalue weighted by Crippen LogP contribution is 2.38. The van der Waals surface area contributed by atoms with E-state index in [1.807, 2.05) is 12.1 Å². The zero-order valence-corrected chi connectivity index (χ0v) is 11.7. The summed E-state index contributed by atoms with van der Waals surface area (Å²) in [5.41, 5.74) is 8.31. The van der Waals surface area contributed by atoms with Crippen LogP contribution in [-0.4, -0.2) is 9.91 Å². The van der Waals surface area contributed by atoms with Crippen molar-refractivity contribution in [2.24, 2.45) is 5.73 Å².